The third-order valence-corrected chi connectivity index (χ3v) is 8.15. The molecular formula is C38H57N7O13. The topological polar surface area (TPSA) is 272 Å². The second-order valence-corrected chi connectivity index (χ2v) is 13.2. The molecule has 0 radical (unpaired) electrons. The number of hydrogen-bond donors (Lipinski definition) is 6. The zero-order chi connectivity index (χ0) is 42.7. The monoisotopic (exact) mass is 819 g/mol. The Kier molecular flexibility index (Phi) is 23.5. The Morgan fingerprint density at radius 2 is 1.29 bits per heavy atom. The zero-order valence-corrected chi connectivity index (χ0v) is 33.3. The molecule has 0 fully saturated rings. The first kappa shape index (κ1) is 48.7. The molecule has 0 spiro atoms. The van der Waals surface area contributed by atoms with Gasteiger partial charge in [0.05, 0.1) is 52.9 Å². The van der Waals surface area contributed by atoms with Crippen molar-refractivity contribution in [2.45, 2.75) is 65.1 Å². The number of carbonyl (C=O) groups excluding carboxylic acids is 8. The molecule has 0 aromatic heterocycles. The molecule has 1 aromatic carbocycles. The summed E-state index contributed by atoms with van der Waals surface area (Å²) in [6.07, 6.45) is 2.82. The molecule has 20 heteroatoms. The van der Waals surface area contributed by atoms with E-state index in [-0.39, 0.29) is 83.8 Å². The van der Waals surface area contributed by atoms with Crippen LogP contribution in [0.15, 0.2) is 36.4 Å². The molecule has 1 aromatic rings. The summed E-state index contributed by atoms with van der Waals surface area (Å²) in [6, 6.07) is 3.97. The smallest absolute Gasteiger partial charge is 0.312 e. The van der Waals surface area contributed by atoms with E-state index in [0.29, 0.717) is 38.5 Å². The van der Waals surface area contributed by atoms with Crippen molar-refractivity contribution in [2.75, 3.05) is 77.8 Å². The van der Waals surface area contributed by atoms with Gasteiger partial charge in [-0.3, -0.25) is 38.5 Å². The van der Waals surface area contributed by atoms with Crippen molar-refractivity contribution in [3.05, 3.63) is 42.0 Å². The molecule has 0 bridgehead atoms. The fraction of sp³-hybridized carbons (Fsp3) is 0.579. The largest absolute Gasteiger partial charge is 0.461 e. The van der Waals surface area contributed by atoms with Gasteiger partial charge in [-0.25, -0.2) is 4.79 Å². The van der Waals surface area contributed by atoms with E-state index in [2.05, 4.69) is 26.6 Å². The van der Waals surface area contributed by atoms with E-state index in [1.54, 1.807) is 38.1 Å². The first-order chi connectivity index (χ1) is 27.8. The molecule has 2 atom stereocenters. The lowest BCUT2D eigenvalue weighted by atomic mass is 10.0. The van der Waals surface area contributed by atoms with Gasteiger partial charge in [-0.05, 0) is 36.5 Å². The first-order valence-electron chi connectivity index (χ1n) is 19.0. The molecule has 1 aliphatic heterocycles. The minimum Gasteiger partial charge on any atom is -0.461 e. The number of imide groups is 1. The zero-order valence-electron chi connectivity index (χ0n) is 33.3. The van der Waals surface area contributed by atoms with Gasteiger partial charge in [-0.2, -0.15) is 0 Å². The number of nitrogens with one attached hydrogen (secondary N) is 5. The van der Waals surface area contributed by atoms with E-state index in [0.717, 1.165) is 10.5 Å². The first-order valence-corrected chi connectivity index (χ1v) is 19.0. The molecule has 2 rings (SSSR count). The second kappa shape index (κ2) is 28.0. The Bertz CT molecular complexity index is 1520. The number of urea groups is 1. The van der Waals surface area contributed by atoms with Crippen LogP contribution in [0.4, 0.5) is 10.5 Å². The van der Waals surface area contributed by atoms with Crippen LogP contribution in [0, 0.1) is 5.92 Å². The lowest BCUT2D eigenvalue weighted by Crippen LogP contribution is -2.54. The number of ether oxygens (including phenoxy) is 5. The average Bonchev–Trinajstić information content (AvgIpc) is 3.50. The van der Waals surface area contributed by atoms with Crippen LogP contribution < -0.4 is 32.3 Å². The number of esters is 1. The van der Waals surface area contributed by atoms with Gasteiger partial charge in [0.25, 0.3) is 11.8 Å². The quantitative estimate of drug-likeness (QED) is 0.0330. The van der Waals surface area contributed by atoms with Gasteiger partial charge in [0.2, 0.25) is 23.6 Å². The van der Waals surface area contributed by atoms with Crippen molar-refractivity contribution >= 4 is 53.1 Å². The van der Waals surface area contributed by atoms with Crippen LogP contribution in [0.1, 0.15) is 52.0 Å². The van der Waals surface area contributed by atoms with Crippen molar-refractivity contribution in [3.63, 3.8) is 0 Å². The van der Waals surface area contributed by atoms with Crippen LogP contribution in [0.25, 0.3) is 0 Å². The number of anilines is 1. The number of nitrogens with zero attached hydrogens (tertiary/aromatic N) is 1. The predicted octanol–water partition coefficient (Wildman–Crippen LogP) is -0.350. The molecular weight excluding hydrogens is 762 g/mol. The maximum absolute atomic E-state index is 13.4. The minimum absolute atomic E-state index is 0.0108. The van der Waals surface area contributed by atoms with Crippen LogP contribution in [0.5, 0.6) is 0 Å². The molecule has 1 heterocycles. The summed E-state index contributed by atoms with van der Waals surface area (Å²) in [6.45, 7) is 7.51. The number of hydrogen-bond acceptors (Lipinski definition) is 13. The van der Waals surface area contributed by atoms with E-state index < -0.39 is 53.6 Å². The van der Waals surface area contributed by atoms with Gasteiger partial charge in [-0.1, -0.05) is 26.0 Å². The van der Waals surface area contributed by atoms with E-state index in [9.17, 15) is 38.4 Å². The van der Waals surface area contributed by atoms with E-state index >= 15 is 0 Å². The van der Waals surface area contributed by atoms with Crippen molar-refractivity contribution in [2.24, 2.45) is 11.7 Å². The number of benzene rings is 1. The number of nitrogens with two attached hydrogens (primary N) is 1. The summed E-state index contributed by atoms with van der Waals surface area (Å²) in [7, 11) is 0. The van der Waals surface area contributed by atoms with Gasteiger partial charge in [0.15, 0.2) is 0 Å². The van der Waals surface area contributed by atoms with Crippen molar-refractivity contribution in [1.29, 1.82) is 0 Å². The average molecular weight is 820 g/mol. The molecule has 7 N–H and O–H groups in total. The Balaban J connectivity index is 1.60. The van der Waals surface area contributed by atoms with Crippen molar-refractivity contribution in [3.8, 4) is 0 Å². The molecule has 8 amide bonds. The van der Waals surface area contributed by atoms with Crippen molar-refractivity contribution < 1.29 is 62.0 Å². The van der Waals surface area contributed by atoms with Crippen LogP contribution in [0.3, 0.4) is 0 Å². The maximum atomic E-state index is 13.4. The highest BCUT2D eigenvalue weighted by Crippen LogP contribution is 2.13. The molecule has 0 aliphatic carbocycles. The summed E-state index contributed by atoms with van der Waals surface area (Å²) >= 11 is 0. The number of amides is 8. The summed E-state index contributed by atoms with van der Waals surface area (Å²) in [5.74, 6) is -3.37. The molecule has 0 saturated heterocycles. The molecule has 1 aliphatic rings. The minimum atomic E-state index is -1.01. The van der Waals surface area contributed by atoms with E-state index in [1.807, 2.05) is 0 Å². The molecule has 0 saturated carbocycles. The van der Waals surface area contributed by atoms with E-state index in [4.69, 9.17) is 29.4 Å². The number of rotatable bonds is 30. The SMILES string of the molecule is CC(=O)OCc1ccc(NC(=O)[C@@H](CCCNC(N)=O)NC(=O)[C@H](NC(=O)CCOCCOCCOCCOCCNC(=O)CCN2C(=O)C=CC2=O)C(C)C)cc1. The summed E-state index contributed by atoms with van der Waals surface area (Å²) in [5, 5.41) is 13.3. The highest BCUT2D eigenvalue weighted by atomic mass is 16.6. The summed E-state index contributed by atoms with van der Waals surface area (Å²) < 4.78 is 26.8. The van der Waals surface area contributed by atoms with Gasteiger partial charge >= 0.3 is 12.0 Å². The Morgan fingerprint density at radius 1 is 0.707 bits per heavy atom. The number of carbonyl (C=O) groups is 8. The van der Waals surface area contributed by atoms with Gasteiger partial charge in [0.1, 0.15) is 18.7 Å². The van der Waals surface area contributed by atoms with Crippen LogP contribution in [-0.2, 0) is 63.9 Å². The third-order valence-electron chi connectivity index (χ3n) is 8.15. The predicted molar refractivity (Wildman–Crippen MR) is 207 cm³/mol. The molecule has 20 nitrogen and oxygen atoms in total. The highest BCUT2D eigenvalue weighted by Gasteiger charge is 2.29. The Hall–Kier alpha value is -5.44. The van der Waals surface area contributed by atoms with Gasteiger partial charge in [-0.15, -0.1) is 0 Å². The summed E-state index contributed by atoms with van der Waals surface area (Å²) in [4.78, 5) is 97.4. The molecule has 58 heavy (non-hydrogen) atoms. The summed E-state index contributed by atoms with van der Waals surface area (Å²) in [5.41, 5.74) is 6.30. The third kappa shape index (κ3) is 21.2. The number of primary amides is 1. The Morgan fingerprint density at radius 3 is 1.86 bits per heavy atom. The highest BCUT2D eigenvalue weighted by molar-refractivity contribution is 6.13. The fourth-order valence-corrected chi connectivity index (χ4v) is 5.07. The fourth-order valence-electron chi connectivity index (χ4n) is 5.07. The van der Waals surface area contributed by atoms with Gasteiger partial charge < -0.3 is 56.0 Å². The van der Waals surface area contributed by atoms with Crippen LogP contribution in [0.2, 0.25) is 0 Å². The van der Waals surface area contributed by atoms with Crippen LogP contribution in [-0.4, -0.2) is 137 Å². The lowest BCUT2D eigenvalue weighted by molar-refractivity contribution is -0.142. The lowest BCUT2D eigenvalue weighted by Gasteiger charge is -2.25. The Labute approximate surface area is 337 Å². The second-order valence-electron chi connectivity index (χ2n) is 13.2. The van der Waals surface area contributed by atoms with Gasteiger partial charge in [0, 0.05) is 57.2 Å². The van der Waals surface area contributed by atoms with E-state index in [1.165, 1.54) is 19.1 Å². The van der Waals surface area contributed by atoms with Crippen molar-refractivity contribution in [1.82, 2.24) is 26.2 Å². The standard InChI is InChI=1S/C38H57N7O13/c1-26(2)35(37(52)43-30(5-4-14-41-38(39)53)36(51)42-29-8-6-28(7-9-29)25-58-27(3)46)44-32(48)13-17-54-19-21-56-23-24-57-22-20-55-18-15-40-31(47)12-16-45-33(49)10-11-34(45)50/h6-11,26,30,35H,4-5,12-25H2,1-3H3,(H,40,47)(H,42,51)(H,43,52)(H,44,48)(H3,39,41,53)/t30-,35-/m1/s1. The molecule has 322 valence electrons. The molecule has 0 unspecified atom stereocenters. The maximum Gasteiger partial charge on any atom is 0.312 e. The normalized spacial score (nSPS) is 13.2. The van der Waals surface area contributed by atoms with Crippen LogP contribution >= 0.6 is 0 Å².